The number of thiazole rings is 1. The fourth-order valence-corrected chi connectivity index (χ4v) is 3.09. The Bertz CT molecular complexity index is 831. The molecule has 3 aromatic rings. The standard InChI is InChI=1S/C12H7F2N3OS2/c13-7-3-1-2-6(8(7)14)4-19-12-16-10-9(11(18)17-12)20-5-15-10/h1-3,5H,4H2,(H,16,17,18). The van der Waals surface area contributed by atoms with Gasteiger partial charge in [-0.1, -0.05) is 23.9 Å². The Morgan fingerprint density at radius 1 is 1.35 bits per heavy atom. The van der Waals surface area contributed by atoms with Crippen molar-refractivity contribution in [3.05, 3.63) is 51.3 Å². The summed E-state index contributed by atoms with van der Waals surface area (Å²) in [5, 5.41) is 0.331. The van der Waals surface area contributed by atoms with Gasteiger partial charge in [0.2, 0.25) is 0 Å². The van der Waals surface area contributed by atoms with Crippen LogP contribution in [0.2, 0.25) is 0 Å². The van der Waals surface area contributed by atoms with Crippen LogP contribution in [0.3, 0.4) is 0 Å². The van der Waals surface area contributed by atoms with Crippen molar-refractivity contribution in [2.24, 2.45) is 0 Å². The molecular formula is C12H7F2N3OS2. The lowest BCUT2D eigenvalue weighted by atomic mass is 10.2. The number of hydrogen-bond donors (Lipinski definition) is 1. The van der Waals surface area contributed by atoms with E-state index in [1.54, 1.807) is 5.51 Å². The summed E-state index contributed by atoms with van der Waals surface area (Å²) in [6.45, 7) is 0. The third-order valence-corrected chi connectivity index (χ3v) is 4.32. The predicted molar refractivity (Wildman–Crippen MR) is 74.0 cm³/mol. The number of nitrogens with zero attached hydrogens (tertiary/aromatic N) is 2. The Kier molecular flexibility index (Phi) is 3.49. The molecule has 1 N–H and O–H groups in total. The van der Waals surface area contributed by atoms with Crippen molar-refractivity contribution in [3.63, 3.8) is 0 Å². The normalized spacial score (nSPS) is 11.1. The number of benzene rings is 1. The van der Waals surface area contributed by atoms with Crippen molar-refractivity contribution in [1.29, 1.82) is 0 Å². The van der Waals surface area contributed by atoms with Crippen LogP contribution in [0, 0.1) is 11.6 Å². The summed E-state index contributed by atoms with van der Waals surface area (Å²) in [6, 6.07) is 3.99. The minimum Gasteiger partial charge on any atom is -0.318 e. The third-order valence-electron chi connectivity index (χ3n) is 2.59. The first-order valence-electron chi connectivity index (χ1n) is 5.54. The smallest absolute Gasteiger partial charge is 0.293 e. The first-order chi connectivity index (χ1) is 9.65. The molecule has 0 spiro atoms. The predicted octanol–water partition coefficient (Wildman–Crippen LogP) is 2.95. The lowest BCUT2D eigenvalue weighted by Gasteiger charge is -2.03. The molecule has 20 heavy (non-hydrogen) atoms. The van der Waals surface area contributed by atoms with Crippen LogP contribution < -0.4 is 5.56 Å². The van der Waals surface area contributed by atoms with E-state index in [1.807, 2.05) is 0 Å². The van der Waals surface area contributed by atoms with Gasteiger partial charge in [0.15, 0.2) is 22.4 Å². The van der Waals surface area contributed by atoms with Crippen molar-refractivity contribution < 1.29 is 8.78 Å². The van der Waals surface area contributed by atoms with Crippen LogP contribution in [0.25, 0.3) is 10.3 Å². The van der Waals surface area contributed by atoms with Gasteiger partial charge in [-0.3, -0.25) is 4.79 Å². The molecule has 0 bridgehead atoms. The molecule has 0 aliphatic carbocycles. The van der Waals surface area contributed by atoms with Gasteiger partial charge in [0.05, 0.1) is 5.51 Å². The lowest BCUT2D eigenvalue weighted by molar-refractivity contribution is 0.502. The van der Waals surface area contributed by atoms with E-state index in [-0.39, 0.29) is 16.9 Å². The van der Waals surface area contributed by atoms with Gasteiger partial charge in [-0.05, 0) is 6.07 Å². The molecule has 0 aliphatic heterocycles. The van der Waals surface area contributed by atoms with Gasteiger partial charge in [0.25, 0.3) is 5.56 Å². The average molecular weight is 311 g/mol. The molecule has 2 heterocycles. The molecule has 0 unspecified atom stereocenters. The van der Waals surface area contributed by atoms with Gasteiger partial charge in [-0.15, -0.1) is 11.3 Å². The Morgan fingerprint density at radius 2 is 2.20 bits per heavy atom. The lowest BCUT2D eigenvalue weighted by Crippen LogP contribution is -2.07. The molecule has 0 saturated heterocycles. The van der Waals surface area contributed by atoms with Crippen LogP contribution in [0.15, 0.2) is 33.7 Å². The van der Waals surface area contributed by atoms with Gasteiger partial charge in [0, 0.05) is 11.3 Å². The fraction of sp³-hybridized carbons (Fsp3) is 0.0833. The highest BCUT2D eigenvalue weighted by molar-refractivity contribution is 7.98. The van der Waals surface area contributed by atoms with Crippen LogP contribution in [-0.4, -0.2) is 15.0 Å². The Morgan fingerprint density at radius 3 is 3.05 bits per heavy atom. The zero-order chi connectivity index (χ0) is 14.1. The first kappa shape index (κ1) is 13.2. The molecule has 0 saturated carbocycles. The number of aromatic nitrogens is 3. The average Bonchev–Trinajstić information content (AvgIpc) is 2.89. The van der Waals surface area contributed by atoms with Crippen LogP contribution in [0.4, 0.5) is 8.78 Å². The highest BCUT2D eigenvalue weighted by atomic mass is 32.2. The Hall–Kier alpha value is -1.80. The maximum atomic E-state index is 13.5. The fourth-order valence-electron chi connectivity index (χ4n) is 1.63. The number of fused-ring (bicyclic) bond motifs is 1. The second-order valence-corrected chi connectivity index (χ2v) is 5.70. The van der Waals surface area contributed by atoms with E-state index < -0.39 is 11.6 Å². The molecule has 0 radical (unpaired) electrons. The number of thioether (sulfide) groups is 1. The molecule has 0 amide bonds. The quantitative estimate of drug-likeness (QED) is 0.597. The molecule has 0 fully saturated rings. The highest BCUT2D eigenvalue weighted by Crippen LogP contribution is 2.23. The second-order valence-electron chi connectivity index (χ2n) is 3.88. The van der Waals surface area contributed by atoms with Crippen molar-refractivity contribution in [3.8, 4) is 0 Å². The van der Waals surface area contributed by atoms with Gasteiger partial charge >= 0.3 is 0 Å². The monoisotopic (exact) mass is 311 g/mol. The summed E-state index contributed by atoms with van der Waals surface area (Å²) in [7, 11) is 0. The number of hydrogen-bond acceptors (Lipinski definition) is 5. The highest BCUT2D eigenvalue weighted by Gasteiger charge is 2.10. The molecule has 3 rings (SSSR count). The number of nitrogens with one attached hydrogen (secondary N) is 1. The number of halogens is 2. The van der Waals surface area contributed by atoms with Gasteiger partial charge in [-0.2, -0.15) is 4.98 Å². The van der Waals surface area contributed by atoms with Crippen molar-refractivity contribution in [2.75, 3.05) is 0 Å². The number of aromatic amines is 1. The van der Waals surface area contributed by atoms with Crippen LogP contribution in [-0.2, 0) is 5.75 Å². The van der Waals surface area contributed by atoms with E-state index in [2.05, 4.69) is 15.0 Å². The summed E-state index contributed by atoms with van der Waals surface area (Å²) in [6.07, 6.45) is 0. The SMILES string of the molecule is O=c1nc(SCc2cccc(F)c2F)[nH]c2ncsc12. The van der Waals surface area contributed by atoms with Crippen LogP contribution in [0.1, 0.15) is 5.56 Å². The molecule has 4 nitrogen and oxygen atoms in total. The number of rotatable bonds is 3. The third kappa shape index (κ3) is 2.44. The topological polar surface area (TPSA) is 58.6 Å². The molecule has 102 valence electrons. The molecule has 0 aliphatic rings. The van der Waals surface area contributed by atoms with E-state index in [9.17, 15) is 13.6 Å². The van der Waals surface area contributed by atoms with Crippen molar-refractivity contribution in [1.82, 2.24) is 15.0 Å². The molecule has 2 aromatic heterocycles. The summed E-state index contributed by atoms with van der Waals surface area (Å²) < 4.78 is 27.0. The van der Waals surface area contributed by atoms with Crippen LogP contribution in [0.5, 0.6) is 0 Å². The Labute approximate surface area is 119 Å². The van der Waals surface area contributed by atoms with E-state index in [0.717, 1.165) is 17.8 Å². The van der Waals surface area contributed by atoms with E-state index >= 15 is 0 Å². The van der Waals surface area contributed by atoms with E-state index in [1.165, 1.54) is 23.5 Å². The Balaban J connectivity index is 1.86. The van der Waals surface area contributed by atoms with Gasteiger partial charge in [-0.25, -0.2) is 13.8 Å². The minimum atomic E-state index is -0.889. The maximum Gasteiger partial charge on any atom is 0.293 e. The minimum absolute atomic E-state index is 0.169. The zero-order valence-electron chi connectivity index (χ0n) is 9.89. The van der Waals surface area contributed by atoms with E-state index in [0.29, 0.717) is 15.5 Å². The molecular weight excluding hydrogens is 304 g/mol. The molecule has 1 aromatic carbocycles. The van der Waals surface area contributed by atoms with Crippen molar-refractivity contribution >= 4 is 33.4 Å². The largest absolute Gasteiger partial charge is 0.318 e. The van der Waals surface area contributed by atoms with Crippen molar-refractivity contribution in [2.45, 2.75) is 10.9 Å². The summed E-state index contributed by atoms with van der Waals surface area (Å²) in [5.74, 6) is -1.60. The summed E-state index contributed by atoms with van der Waals surface area (Å²) in [4.78, 5) is 22.4. The maximum absolute atomic E-state index is 13.5. The molecule has 8 heteroatoms. The van der Waals surface area contributed by atoms with Gasteiger partial charge < -0.3 is 4.98 Å². The summed E-state index contributed by atoms with van der Waals surface area (Å²) >= 11 is 2.33. The molecule has 0 atom stereocenters. The second kappa shape index (κ2) is 5.29. The first-order valence-corrected chi connectivity index (χ1v) is 7.41. The summed E-state index contributed by atoms with van der Waals surface area (Å²) in [5.41, 5.74) is 1.85. The van der Waals surface area contributed by atoms with Gasteiger partial charge in [0.1, 0.15) is 4.70 Å². The zero-order valence-corrected chi connectivity index (χ0v) is 11.5. The number of H-pyrrole nitrogens is 1. The van der Waals surface area contributed by atoms with E-state index in [4.69, 9.17) is 0 Å². The van der Waals surface area contributed by atoms with Crippen LogP contribution >= 0.6 is 23.1 Å².